The van der Waals surface area contributed by atoms with Gasteiger partial charge in [-0.05, 0) is 32.1 Å². The Balaban J connectivity index is 1.62. The van der Waals surface area contributed by atoms with Crippen LogP contribution in [0, 0.1) is 5.92 Å². The Labute approximate surface area is 110 Å². The quantitative estimate of drug-likeness (QED) is 0.820. The van der Waals surface area contributed by atoms with Crippen molar-refractivity contribution >= 4 is 17.2 Å². The molecule has 5 nitrogen and oxygen atoms in total. The maximum absolute atomic E-state index is 11.6. The summed E-state index contributed by atoms with van der Waals surface area (Å²) < 4.78 is 5.48. The summed E-state index contributed by atoms with van der Waals surface area (Å²) in [6.45, 7) is 3.44. The van der Waals surface area contributed by atoms with Crippen molar-refractivity contribution in [2.75, 3.05) is 13.2 Å². The number of thiazole rings is 1. The van der Waals surface area contributed by atoms with E-state index in [0.29, 0.717) is 24.3 Å². The molecule has 0 unspecified atom stereocenters. The van der Waals surface area contributed by atoms with Gasteiger partial charge in [-0.25, -0.2) is 0 Å². The number of aromatic amines is 1. The molecule has 0 saturated heterocycles. The molecule has 18 heavy (non-hydrogen) atoms. The van der Waals surface area contributed by atoms with Crippen molar-refractivity contribution in [2.24, 2.45) is 5.92 Å². The second-order valence-electron chi connectivity index (χ2n) is 4.52. The van der Waals surface area contributed by atoms with Crippen molar-refractivity contribution in [1.82, 2.24) is 10.3 Å². The van der Waals surface area contributed by atoms with Gasteiger partial charge in [-0.15, -0.1) is 0 Å². The standard InChI is InChI=1S/C12H18N2O3S/c1-2-17-9-5-8(6-9)3-4-13-11(15)10-7-18-12(16)14-10/h7-9H,2-6H2,1H3,(H,13,15)(H,14,16). The van der Waals surface area contributed by atoms with Crippen LogP contribution < -0.4 is 10.2 Å². The van der Waals surface area contributed by atoms with Gasteiger partial charge in [-0.2, -0.15) is 0 Å². The third kappa shape index (κ3) is 3.43. The van der Waals surface area contributed by atoms with E-state index in [1.54, 1.807) is 5.38 Å². The maximum atomic E-state index is 11.6. The molecule has 0 aliphatic heterocycles. The lowest BCUT2D eigenvalue weighted by Gasteiger charge is -2.34. The average molecular weight is 270 g/mol. The number of hydrogen-bond acceptors (Lipinski definition) is 4. The third-order valence-electron chi connectivity index (χ3n) is 3.20. The van der Waals surface area contributed by atoms with E-state index in [4.69, 9.17) is 4.74 Å². The molecule has 1 aliphatic carbocycles. The predicted molar refractivity (Wildman–Crippen MR) is 70.0 cm³/mol. The number of ether oxygens (including phenoxy) is 1. The molecule has 6 heteroatoms. The van der Waals surface area contributed by atoms with Crippen LogP contribution in [0.1, 0.15) is 36.7 Å². The minimum absolute atomic E-state index is 0.196. The summed E-state index contributed by atoms with van der Waals surface area (Å²) in [4.78, 5) is 24.8. The van der Waals surface area contributed by atoms with Gasteiger partial charge in [0.1, 0.15) is 5.69 Å². The fourth-order valence-corrected chi connectivity index (χ4v) is 2.72. The van der Waals surface area contributed by atoms with Crippen LogP contribution in [0.2, 0.25) is 0 Å². The molecular formula is C12H18N2O3S. The lowest BCUT2D eigenvalue weighted by Crippen LogP contribution is -2.34. The van der Waals surface area contributed by atoms with E-state index >= 15 is 0 Å². The second kappa shape index (κ2) is 6.15. The Morgan fingerprint density at radius 3 is 3.00 bits per heavy atom. The molecule has 1 aromatic rings. The van der Waals surface area contributed by atoms with Crippen LogP contribution in [0.5, 0.6) is 0 Å². The van der Waals surface area contributed by atoms with Crippen LogP contribution in [0.3, 0.4) is 0 Å². The number of hydrogen-bond donors (Lipinski definition) is 2. The van der Waals surface area contributed by atoms with Crippen molar-refractivity contribution < 1.29 is 9.53 Å². The lowest BCUT2D eigenvalue weighted by atomic mass is 9.80. The zero-order valence-electron chi connectivity index (χ0n) is 10.4. The molecule has 0 aromatic carbocycles. The molecule has 1 saturated carbocycles. The average Bonchev–Trinajstić information content (AvgIpc) is 2.72. The van der Waals surface area contributed by atoms with Gasteiger partial charge in [0.15, 0.2) is 0 Å². The first-order valence-electron chi connectivity index (χ1n) is 6.26. The molecule has 1 heterocycles. The summed E-state index contributed by atoms with van der Waals surface area (Å²) in [5.41, 5.74) is 0.353. The molecular weight excluding hydrogens is 252 g/mol. The van der Waals surface area contributed by atoms with Gasteiger partial charge in [0.25, 0.3) is 5.91 Å². The normalized spacial score (nSPS) is 22.5. The fraction of sp³-hybridized carbons (Fsp3) is 0.667. The molecule has 1 aromatic heterocycles. The van der Waals surface area contributed by atoms with Crippen LogP contribution in [0.25, 0.3) is 0 Å². The number of rotatable bonds is 6. The highest BCUT2D eigenvalue weighted by atomic mass is 32.1. The van der Waals surface area contributed by atoms with Crippen molar-refractivity contribution in [2.45, 2.75) is 32.3 Å². The number of aromatic nitrogens is 1. The molecule has 100 valence electrons. The molecule has 1 amide bonds. The number of amides is 1. The summed E-state index contributed by atoms with van der Waals surface area (Å²) in [5, 5.41) is 4.36. The molecule has 1 fully saturated rings. The Kier molecular flexibility index (Phi) is 4.54. The molecule has 0 radical (unpaired) electrons. The molecule has 0 atom stereocenters. The van der Waals surface area contributed by atoms with Crippen LogP contribution in [-0.2, 0) is 4.74 Å². The Bertz CT molecular complexity index is 448. The zero-order valence-corrected chi connectivity index (χ0v) is 11.2. The Morgan fingerprint density at radius 2 is 2.39 bits per heavy atom. The van der Waals surface area contributed by atoms with E-state index in [1.807, 2.05) is 6.92 Å². The monoisotopic (exact) mass is 270 g/mol. The van der Waals surface area contributed by atoms with Crippen molar-refractivity contribution in [3.8, 4) is 0 Å². The van der Waals surface area contributed by atoms with E-state index in [0.717, 1.165) is 37.2 Å². The third-order valence-corrected chi connectivity index (χ3v) is 3.87. The fourth-order valence-electron chi connectivity index (χ4n) is 2.16. The highest BCUT2D eigenvalue weighted by Crippen LogP contribution is 2.32. The number of carbonyl (C=O) groups is 1. The first-order valence-corrected chi connectivity index (χ1v) is 7.14. The number of nitrogens with one attached hydrogen (secondary N) is 2. The van der Waals surface area contributed by atoms with Crippen LogP contribution >= 0.6 is 11.3 Å². The summed E-state index contributed by atoms with van der Waals surface area (Å²) in [6, 6.07) is 0. The summed E-state index contributed by atoms with van der Waals surface area (Å²) in [5.74, 6) is 0.456. The van der Waals surface area contributed by atoms with E-state index in [2.05, 4.69) is 10.3 Å². The van der Waals surface area contributed by atoms with Gasteiger partial charge in [-0.1, -0.05) is 11.3 Å². The maximum Gasteiger partial charge on any atom is 0.305 e. The molecule has 0 bridgehead atoms. The molecule has 1 aliphatic rings. The second-order valence-corrected chi connectivity index (χ2v) is 5.36. The van der Waals surface area contributed by atoms with Gasteiger partial charge in [0.2, 0.25) is 0 Å². The number of H-pyrrole nitrogens is 1. The molecule has 2 rings (SSSR count). The highest BCUT2D eigenvalue weighted by molar-refractivity contribution is 7.07. The SMILES string of the molecule is CCOC1CC(CCNC(=O)c2csc(=O)[nH]2)C1. The van der Waals surface area contributed by atoms with E-state index < -0.39 is 0 Å². The Hall–Kier alpha value is -1.14. The summed E-state index contributed by atoms with van der Waals surface area (Å²) in [6.07, 6.45) is 3.59. The first-order chi connectivity index (χ1) is 8.69. The van der Waals surface area contributed by atoms with Gasteiger partial charge in [0.05, 0.1) is 6.10 Å². The Morgan fingerprint density at radius 1 is 1.61 bits per heavy atom. The summed E-state index contributed by atoms with van der Waals surface area (Å²) in [7, 11) is 0. The van der Waals surface area contributed by atoms with E-state index in [9.17, 15) is 9.59 Å². The largest absolute Gasteiger partial charge is 0.378 e. The van der Waals surface area contributed by atoms with Gasteiger partial charge in [-0.3, -0.25) is 9.59 Å². The topological polar surface area (TPSA) is 71.2 Å². The van der Waals surface area contributed by atoms with E-state index in [1.165, 1.54) is 0 Å². The minimum Gasteiger partial charge on any atom is -0.378 e. The van der Waals surface area contributed by atoms with Crippen molar-refractivity contribution in [3.63, 3.8) is 0 Å². The van der Waals surface area contributed by atoms with Gasteiger partial charge < -0.3 is 15.0 Å². The lowest BCUT2D eigenvalue weighted by molar-refractivity contribution is -0.0261. The zero-order chi connectivity index (χ0) is 13.0. The van der Waals surface area contributed by atoms with Crippen LogP contribution in [-0.4, -0.2) is 30.1 Å². The van der Waals surface area contributed by atoms with Gasteiger partial charge >= 0.3 is 4.87 Å². The van der Waals surface area contributed by atoms with E-state index in [-0.39, 0.29) is 10.8 Å². The van der Waals surface area contributed by atoms with Gasteiger partial charge in [0, 0.05) is 18.5 Å². The number of carbonyl (C=O) groups excluding carboxylic acids is 1. The van der Waals surface area contributed by atoms with Crippen molar-refractivity contribution in [3.05, 3.63) is 20.7 Å². The predicted octanol–water partition coefficient (Wildman–Crippen LogP) is 1.37. The van der Waals surface area contributed by atoms with Crippen LogP contribution in [0.15, 0.2) is 10.2 Å². The minimum atomic E-state index is -0.200. The van der Waals surface area contributed by atoms with Crippen molar-refractivity contribution in [1.29, 1.82) is 0 Å². The molecule has 0 spiro atoms. The first kappa shape index (κ1) is 13.3. The van der Waals surface area contributed by atoms with Crippen LogP contribution in [0.4, 0.5) is 0 Å². The summed E-state index contributed by atoms with van der Waals surface area (Å²) >= 11 is 1.01. The highest BCUT2D eigenvalue weighted by Gasteiger charge is 2.28. The smallest absolute Gasteiger partial charge is 0.305 e. The molecule has 2 N–H and O–H groups in total.